The standard InChI is InChI=1S/C6H10N2O2S/c1-3-8-5-6(4-7-8)11(2,9)10/h4-5H,3H2,1-2H3. The monoisotopic (exact) mass is 174 g/mol. The van der Waals surface area contributed by atoms with Gasteiger partial charge in [0.05, 0.1) is 6.20 Å². The minimum Gasteiger partial charge on any atom is -0.272 e. The maximum Gasteiger partial charge on any atom is 0.178 e. The third-order valence-electron chi connectivity index (χ3n) is 1.36. The molecule has 0 aliphatic rings. The van der Waals surface area contributed by atoms with Gasteiger partial charge in [-0.3, -0.25) is 4.68 Å². The number of rotatable bonds is 2. The molecule has 0 radical (unpaired) electrons. The molecule has 5 heteroatoms. The second kappa shape index (κ2) is 2.65. The molecule has 0 atom stereocenters. The van der Waals surface area contributed by atoms with Crippen molar-refractivity contribution >= 4 is 9.84 Å². The van der Waals surface area contributed by atoms with E-state index in [2.05, 4.69) is 5.10 Å². The molecule has 0 bridgehead atoms. The van der Waals surface area contributed by atoms with Gasteiger partial charge in [-0.05, 0) is 6.92 Å². The Hall–Kier alpha value is -0.840. The van der Waals surface area contributed by atoms with Crippen molar-refractivity contribution < 1.29 is 8.42 Å². The topological polar surface area (TPSA) is 52.0 Å². The molecule has 4 nitrogen and oxygen atoms in total. The van der Waals surface area contributed by atoms with Crippen LogP contribution in [0.15, 0.2) is 17.3 Å². The van der Waals surface area contributed by atoms with E-state index in [0.29, 0.717) is 6.54 Å². The molecule has 0 amide bonds. The van der Waals surface area contributed by atoms with Gasteiger partial charge in [0.1, 0.15) is 4.90 Å². The van der Waals surface area contributed by atoms with Crippen molar-refractivity contribution in [3.63, 3.8) is 0 Å². The molecule has 1 aromatic rings. The van der Waals surface area contributed by atoms with Gasteiger partial charge in [-0.2, -0.15) is 5.10 Å². The predicted molar refractivity (Wildman–Crippen MR) is 41.0 cm³/mol. The molecule has 0 saturated heterocycles. The lowest BCUT2D eigenvalue weighted by atomic mass is 10.7. The quantitative estimate of drug-likeness (QED) is 0.648. The normalized spacial score (nSPS) is 11.8. The molecule has 1 rings (SSSR count). The zero-order valence-corrected chi connectivity index (χ0v) is 7.30. The molecule has 0 aliphatic carbocycles. The lowest BCUT2D eigenvalue weighted by molar-refractivity contribution is 0.601. The third kappa shape index (κ3) is 1.80. The van der Waals surface area contributed by atoms with Gasteiger partial charge in [0.25, 0.3) is 0 Å². The molecule has 1 aromatic heterocycles. The molecule has 0 N–H and O–H groups in total. The number of aromatic nitrogens is 2. The van der Waals surface area contributed by atoms with Crippen LogP contribution < -0.4 is 0 Å². The van der Waals surface area contributed by atoms with Gasteiger partial charge in [0.2, 0.25) is 0 Å². The number of sulfone groups is 1. The Morgan fingerprint density at radius 1 is 1.64 bits per heavy atom. The number of hydrogen-bond acceptors (Lipinski definition) is 3. The van der Waals surface area contributed by atoms with E-state index >= 15 is 0 Å². The van der Waals surface area contributed by atoms with E-state index in [1.165, 1.54) is 18.6 Å². The largest absolute Gasteiger partial charge is 0.272 e. The van der Waals surface area contributed by atoms with E-state index in [0.717, 1.165) is 0 Å². The van der Waals surface area contributed by atoms with Crippen molar-refractivity contribution in [2.24, 2.45) is 0 Å². The third-order valence-corrected chi connectivity index (χ3v) is 2.43. The predicted octanol–water partition coefficient (Wildman–Crippen LogP) is 0.306. The van der Waals surface area contributed by atoms with Crippen LogP contribution in [0.5, 0.6) is 0 Å². The highest BCUT2D eigenvalue weighted by Gasteiger charge is 2.08. The fraction of sp³-hybridized carbons (Fsp3) is 0.500. The Morgan fingerprint density at radius 3 is 2.55 bits per heavy atom. The summed E-state index contributed by atoms with van der Waals surface area (Å²) < 4.78 is 23.4. The highest BCUT2D eigenvalue weighted by atomic mass is 32.2. The molecule has 1 heterocycles. The molecule has 0 spiro atoms. The molecule has 0 unspecified atom stereocenters. The average molecular weight is 174 g/mol. The summed E-state index contributed by atoms with van der Waals surface area (Å²) in [4.78, 5) is 0.277. The lowest BCUT2D eigenvalue weighted by Crippen LogP contribution is -1.95. The number of aryl methyl sites for hydroxylation is 1. The first-order valence-electron chi connectivity index (χ1n) is 3.26. The average Bonchev–Trinajstić information content (AvgIpc) is 2.32. The Kier molecular flexibility index (Phi) is 1.99. The van der Waals surface area contributed by atoms with Crippen LogP contribution in [-0.4, -0.2) is 24.5 Å². The SMILES string of the molecule is CCn1cc(S(C)(=O)=O)cn1. The first-order chi connectivity index (χ1) is 5.04. The van der Waals surface area contributed by atoms with Crippen LogP contribution in [0.2, 0.25) is 0 Å². The van der Waals surface area contributed by atoms with E-state index in [4.69, 9.17) is 0 Å². The maximum absolute atomic E-state index is 10.9. The first kappa shape index (κ1) is 8.26. The van der Waals surface area contributed by atoms with E-state index in [1.54, 1.807) is 4.68 Å². The smallest absolute Gasteiger partial charge is 0.178 e. The van der Waals surface area contributed by atoms with Crippen molar-refractivity contribution in [1.29, 1.82) is 0 Å². The van der Waals surface area contributed by atoms with Crippen LogP contribution in [0.25, 0.3) is 0 Å². The molecule has 0 aromatic carbocycles. The number of hydrogen-bond donors (Lipinski definition) is 0. The van der Waals surface area contributed by atoms with Crippen LogP contribution in [0.3, 0.4) is 0 Å². The highest BCUT2D eigenvalue weighted by Crippen LogP contribution is 2.05. The molecular formula is C6H10N2O2S. The van der Waals surface area contributed by atoms with Crippen molar-refractivity contribution in [3.8, 4) is 0 Å². The minimum atomic E-state index is -3.08. The molecule has 0 saturated carbocycles. The summed E-state index contributed by atoms with van der Waals surface area (Å²) in [5.74, 6) is 0. The van der Waals surface area contributed by atoms with Crippen molar-refractivity contribution in [2.45, 2.75) is 18.4 Å². The summed E-state index contributed by atoms with van der Waals surface area (Å²) in [6.45, 7) is 2.59. The summed E-state index contributed by atoms with van der Waals surface area (Å²) in [5, 5.41) is 3.84. The zero-order valence-electron chi connectivity index (χ0n) is 6.48. The summed E-state index contributed by atoms with van der Waals surface area (Å²) >= 11 is 0. The fourth-order valence-electron chi connectivity index (χ4n) is 0.709. The Morgan fingerprint density at radius 2 is 2.27 bits per heavy atom. The second-order valence-electron chi connectivity index (χ2n) is 2.30. The summed E-state index contributed by atoms with van der Waals surface area (Å²) in [6, 6.07) is 0. The van der Waals surface area contributed by atoms with E-state index in [-0.39, 0.29) is 4.90 Å². The summed E-state index contributed by atoms with van der Waals surface area (Å²) in [7, 11) is -3.08. The first-order valence-corrected chi connectivity index (χ1v) is 5.15. The molecule has 62 valence electrons. The van der Waals surface area contributed by atoms with E-state index < -0.39 is 9.84 Å². The van der Waals surface area contributed by atoms with E-state index in [1.807, 2.05) is 6.92 Å². The summed E-state index contributed by atoms with van der Waals surface area (Å²) in [6.07, 6.45) is 4.05. The van der Waals surface area contributed by atoms with Crippen LogP contribution in [0.1, 0.15) is 6.92 Å². The van der Waals surface area contributed by atoms with Crippen molar-refractivity contribution in [3.05, 3.63) is 12.4 Å². The molecule has 11 heavy (non-hydrogen) atoms. The molecule has 0 aliphatic heterocycles. The van der Waals surface area contributed by atoms with Gasteiger partial charge in [0, 0.05) is 19.0 Å². The highest BCUT2D eigenvalue weighted by molar-refractivity contribution is 7.90. The van der Waals surface area contributed by atoms with Crippen LogP contribution in [-0.2, 0) is 16.4 Å². The van der Waals surface area contributed by atoms with E-state index in [9.17, 15) is 8.42 Å². The molecule has 0 fully saturated rings. The Labute approximate surface area is 65.8 Å². The summed E-state index contributed by atoms with van der Waals surface area (Å²) in [5.41, 5.74) is 0. The molecular weight excluding hydrogens is 164 g/mol. The van der Waals surface area contributed by atoms with Gasteiger partial charge >= 0.3 is 0 Å². The van der Waals surface area contributed by atoms with Gasteiger partial charge in [-0.1, -0.05) is 0 Å². The second-order valence-corrected chi connectivity index (χ2v) is 4.32. The van der Waals surface area contributed by atoms with Gasteiger partial charge in [0.15, 0.2) is 9.84 Å². The van der Waals surface area contributed by atoms with Gasteiger partial charge in [-0.25, -0.2) is 8.42 Å². The fourth-order valence-corrected chi connectivity index (χ4v) is 1.26. The van der Waals surface area contributed by atoms with Crippen LogP contribution in [0.4, 0.5) is 0 Å². The van der Waals surface area contributed by atoms with Crippen molar-refractivity contribution in [1.82, 2.24) is 9.78 Å². The lowest BCUT2D eigenvalue weighted by Gasteiger charge is -1.90. The Bertz CT molecular complexity index is 339. The zero-order chi connectivity index (χ0) is 8.48. The van der Waals surface area contributed by atoms with Crippen LogP contribution >= 0.6 is 0 Å². The van der Waals surface area contributed by atoms with Gasteiger partial charge < -0.3 is 0 Å². The minimum absolute atomic E-state index is 0.277. The van der Waals surface area contributed by atoms with Crippen LogP contribution in [0, 0.1) is 0 Å². The Balaban J connectivity index is 3.09. The van der Waals surface area contributed by atoms with Gasteiger partial charge in [-0.15, -0.1) is 0 Å². The number of nitrogens with zero attached hydrogens (tertiary/aromatic N) is 2. The maximum atomic E-state index is 10.9. The van der Waals surface area contributed by atoms with Crippen molar-refractivity contribution in [2.75, 3.05) is 6.26 Å².